The molecule has 0 saturated carbocycles. The normalized spacial score (nSPS) is 11.7. The first-order chi connectivity index (χ1) is 46.0. The first kappa shape index (κ1) is 75.6. The Balaban J connectivity index is 0.585. The number of carbonyl (C=O) groups is 2. The molecule has 0 radical (unpaired) electrons. The minimum absolute atomic E-state index is 0.0801. The lowest BCUT2D eigenvalue weighted by Crippen LogP contribution is -2.29. The quantitative estimate of drug-likeness (QED) is 0.0174. The summed E-state index contributed by atoms with van der Waals surface area (Å²) in [6.45, 7) is 21.1. The third-order valence-corrected chi connectivity index (χ3v) is 13.7. The summed E-state index contributed by atoms with van der Waals surface area (Å²) in [5.41, 5.74) is 13.5. The van der Waals surface area contributed by atoms with Crippen molar-refractivity contribution >= 4 is 46.0 Å². The Morgan fingerprint density at radius 3 is 1.54 bits per heavy atom. The van der Waals surface area contributed by atoms with Crippen molar-refractivity contribution in [2.75, 3.05) is 183 Å². The van der Waals surface area contributed by atoms with E-state index in [9.17, 15) is 14.7 Å². The van der Waals surface area contributed by atoms with Crippen molar-refractivity contribution < 1.29 is 76.3 Å². The number of ether oxygens (including phenoxy) is 13. The van der Waals surface area contributed by atoms with Crippen molar-refractivity contribution in [2.45, 2.75) is 78.5 Å². The van der Waals surface area contributed by atoms with E-state index in [-0.39, 0.29) is 42.6 Å². The molecule has 3 heterocycles. The summed E-state index contributed by atoms with van der Waals surface area (Å²) in [7, 11) is 0. The molecular weight excluding hydrogens is 1220 g/mol. The molecule has 6 rings (SSSR count). The van der Waals surface area contributed by atoms with Crippen molar-refractivity contribution in [3.05, 3.63) is 101 Å². The molecule has 94 heavy (non-hydrogen) atoms. The number of carbonyl (C=O) groups excluding carboxylic acids is 2. The standard InChI is InChI=1S/C65H97N13O16/c1-49(2)57-43-56(44-58(50(3)4)62(57)81)75-74-54-11-9-53(10-12-54)67-16-17-68-60(80)15-19-82-21-23-84-25-27-86-29-31-88-33-35-90-37-39-92-41-42-93-40-38-91-36-34-89-32-30-87-28-26-85-24-22-83-20-18-78-46-55(76-77-78)13-14-59(79)69-45-51-5-7-52(8-6-51)47-94-64-61-63(71-48-70-61)72-65(66)73-64/h5-12,43-44,46,48-50,67,81H,13-42,45,47H2,1-4H3,(H,68,80)(H,69,79)(H3,66,70,71,72,73)/b75-74+. The van der Waals surface area contributed by atoms with Gasteiger partial charge in [-0.2, -0.15) is 20.2 Å². The zero-order chi connectivity index (χ0) is 66.5. The molecule has 0 aliphatic heterocycles. The van der Waals surface area contributed by atoms with Crippen LogP contribution < -0.4 is 26.4 Å². The number of hydrogen-bond donors (Lipinski definition) is 6. The van der Waals surface area contributed by atoms with Gasteiger partial charge in [-0.25, -0.2) is 9.67 Å². The Bertz CT molecular complexity index is 3000. The average molecular weight is 1320 g/mol. The Labute approximate surface area is 550 Å². The molecule has 7 N–H and O–H groups in total. The van der Waals surface area contributed by atoms with Gasteiger partial charge in [0.05, 0.1) is 189 Å². The predicted molar refractivity (Wildman–Crippen MR) is 350 cm³/mol. The Kier molecular flexibility index (Phi) is 37.5. The van der Waals surface area contributed by atoms with Gasteiger partial charge in [0.1, 0.15) is 12.4 Å². The number of aryl methyl sites for hydroxylation is 1. The van der Waals surface area contributed by atoms with Gasteiger partial charge in [0.2, 0.25) is 23.6 Å². The highest BCUT2D eigenvalue weighted by Gasteiger charge is 2.16. The maximum Gasteiger partial charge on any atom is 0.247 e. The molecular formula is C65H97N13O16. The van der Waals surface area contributed by atoms with E-state index in [0.717, 1.165) is 33.6 Å². The van der Waals surface area contributed by atoms with Crippen molar-refractivity contribution in [3.8, 4) is 11.6 Å². The number of H-pyrrole nitrogens is 1. The van der Waals surface area contributed by atoms with E-state index in [2.05, 4.69) is 56.4 Å². The number of hydrogen-bond acceptors (Lipinski definition) is 25. The summed E-state index contributed by atoms with van der Waals surface area (Å²) in [6.07, 6.45) is 4.36. The number of amides is 2. The van der Waals surface area contributed by atoms with Crippen LogP contribution in [0.3, 0.4) is 0 Å². The van der Waals surface area contributed by atoms with Crippen LogP contribution in [-0.2, 0) is 92.5 Å². The minimum Gasteiger partial charge on any atom is -0.507 e. The molecule has 3 aromatic carbocycles. The van der Waals surface area contributed by atoms with Gasteiger partial charge < -0.3 is 93.4 Å². The van der Waals surface area contributed by atoms with Gasteiger partial charge in [0, 0.05) is 50.8 Å². The van der Waals surface area contributed by atoms with Crippen molar-refractivity contribution in [3.63, 3.8) is 0 Å². The van der Waals surface area contributed by atoms with E-state index in [0.29, 0.717) is 232 Å². The number of azo groups is 1. The number of benzene rings is 3. The van der Waals surface area contributed by atoms with Gasteiger partial charge in [-0.05, 0) is 70.5 Å². The number of phenolic OH excluding ortho intramolecular Hbond substituents is 1. The highest BCUT2D eigenvalue weighted by molar-refractivity contribution is 5.77. The molecule has 518 valence electrons. The van der Waals surface area contributed by atoms with Crippen LogP contribution in [0.1, 0.15) is 80.3 Å². The first-order valence-corrected chi connectivity index (χ1v) is 32.2. The number of nitrogens with two attached hydrogens (primary N) is 1. The van der Waals surface area contributed by atoms with E-state index in [4.69, 9.17) is 67.3 Å². The second-order valence-electron chi connectivity index (χ2n) is 21.7. The number of nitrogens with zero attached hydrogens (tertiary/aromatic N) is 8. The average Bonchev–Trinajstić information content (AvgIpc) is 1.39. The van der Waals surface area contributed by atoms with E-state index < -0.39 is 0 Å². The Hall–Kier alpha value is -7.39. The molecule has 0 bridgehead atoms. The number of phenols is 1. The molecule has 0 spiro atoms. The fourth-order valence-corrected chi connectivity index (χ4v) is 8.63. The number of rotatable bonds is 55. The van der Waals surface area contributed by atoms with Gasteiger partial charge in [0.15, 0.2) is 11.2 Å². The lowest BCUT2D eigenvalue weighted by Gasteiger charge is -2.15. The smallest absolute Gasteiger partial charge is 0.247 e. The van der Waals surface area contributed by atoms with Crippen LogP contribution >= 0.6 is 0 Å². The third-order valence-electron chi connectivity index (χ3n) is 13.7. The lowest BCUT2D eigenvalue weighted by atomic mass is 9.93. The fourth-order valence-electron chi connectivity index (χ4n) is 8.63. The third kappa shape index (κ3) is 32.2. The number of aromatic nitrogens is 7. The number of aromatic amines is 1. The summed E-state index contributed by atoms with van der Waals surface area (Å²) in [6, 6.07) is 19.1. The number of imidazole rings is 1. The summed E-state index contributed by atoms with van der Waals surface area (Å²) in [4.78, 5) is 40.1. The molecule has 6 aromatic rings. The van der Waals surface area contributed by atoms with Gasteiger partial charge in [-0.1, -0.05) is 57.2 Å². The van der Waals surface area contributed by atoms with Crippen LogP contribution in [0.4, 0.5) is 23.0 Å². The van der Waals surface area contributed by atoms with Crippen molar-refractivity contribution in [1.82, 2.24) is 45.6 Å². The number of anilines is 2. The molecule has 0 aliphatic carbocycles. The lowest BCUT2D eigenvalue weighted by molar-refractivity contribution is -0.122. The summed E-state index contributed by atoms with van der Waals surface area (Å²) in [5.74, 6) is 0.909. The monoisotopic (exact) mass is 1320 g/mol. The van der Waals surface area contributed by atoms with Crippen LogP contribution in [-0.4, -0.2) is 224 Å². The molecule has 29 nitrogen and oxygen atoms in total. The van der Waals surface area contributed by atoms with Crippen LogP contribution in [0, 0.1) is 0 Å². The van der Waals surface area contributed by atoms with Gasteiger partial charge in [-0.15, -0.1) is 5.10 Å². The van der Waals surface area contributed by atoms with Crippen LogP contribution in [0.25, 0.3) is 11.2 Å². The zero-order valence-corrected chi connectivity index (χ0v) is 54.9. The van der Waals surface area contributed by atoms with Crippen LogP contribution in [0.2, 0.25) is 0 Å². The number of nitrogen functional groups attached to an aromatic ring is 1. The zero-order valence-electron chi connectivity index (χ0n) is 54.9. The van der Waals surface area contributed by atoms with Crippen molar-refractivity contribution in [1.29, 1.82) is 0 Å². The van der Waals surface area contributed by atoms with E-state index in [1.165, 1.54) is 6.33 Å². The number of aromatic hydroxyl groups is 1. The second kappa shape index (κ2) is 46.7. The predicted octanol–water partition coefficient (Wildman–Crippen LogP) is 6.54. The van der Waals surface area contributed by atoms with E-state index in [1.807, 2.05) is 94.6 Å². The molecule has 0 atom stereocenters. The molecule has 2 amide bonds. The van der Waals surface area contributed by atoms with Crippen LogP contribution in [0.5, 0.6) is 11.6 Å². The maximum atomic E-state index is 12.5. The second-order valence-corrected chi connectivity index (χ2v) is 21.7. The SMILES string of the molecule is CC(C)c1cc(/N=N/c2ccc(NCCNC(=O)CCOCCOCCOCCOCCOCCOCCOCCOCCOCCOCCOCCOCCn3cc(CCC(=O)NCc4ccc(COc5nc(N)nc6[nH]cnc56)cc4)nn3)cc2)cc(C(C)C)c1O. The summed E-state index contributed by atoms with van der Waals surface area (Å²) in [5, 5.41) is 37.0. The number of nitrogens with one attached hydrogen (secondary N) is 4. The summed E-state index contributed by atoms with van der Waals surface area (Å²) >= 11 is 0. The molecule has 0 aliphatic rings. The first-order valence-electron chi connectivity index (χ1n) is 32.2. The fraction of sp³-hybridized carbons (Fsp3) is 0.585. The van der Waals surface area contributed by atoms with E-state index >= 15 is 0 Å². The Morgan fingerprint density at radius 1 is 0.564 bits per heavy atom. The van der Waals surface area contributed by atoms with Gasteiger partial charge in [-0.3, -0.25) is 9.59 Å². The number of fused-ring (bicyclic) bond motifs is 1. The molecule has 0 unspecified atom stereocenters. The van der Waals surface area contributed by atoms with E-state index in [1.54, 1.807) is 4.68 Å². The van der Waals surface area contributed by atoms with Crippen molar-refractivity contribution in [2.24, 2.45) is 10.2 Å². The minimum atomic E-state index is -0.0819. The van der Waals surface area contributed by atoms with Gasteiger partial charge in [0.25, 0.3) is 0 Å². The molecule has 0 fully saturated rings. The van der Waals surface area contributed by atoms with Crippen LogP contribution in [0.15, 0.2) is 83.4 Å². The molecule has 0 saturated heterocycles. The largest absolute Gasteiger partial charge is 0.507 e. The topological polar surface area (TPSA) is 346 Å². The maximum absolute atomic E-state index is 12.5. The Morgan fingerprint density at radius 2 is 1.03 bits per heavy atom. The molecule has 3 aromatic heterocycles. The summed E-state index contributed by atoms with van der Waals surface area (Å²) < 4.78 is 74.2. The highest BCUT2D eigenvalue weighted by atomic mass is 16.6. The molecule has 29 heteroatoms. The van der Waals surface area contributed by atoms with Gasteiger partial charge >= 0.3 is 0 Å². The highest BCUT2D eigenvalue weighted by Crippen LogP contribution is 2.38.